The van der Waals surface area contributed by atoms with E-state index in [1.807, 2.05) is 0 Å². The molecule has 0 aliphatic carbocycles. The molecule has 106 valence electrons. The molecule has 1 atom stereocenters. The van der Waals surface area contributed by atoms with Crippen molar-refractivity contribution in [1.29, 1.82) is 0 Å². The molecule has 4 nitrogen and oxygen atoms in total. The van der Waals surface area contributed by atoms with Crippen LogP contribution >= 0.6 is 0 Å². The van der Waals surface area contributed by atoms with Crippen LogP contribution in [0.2, 0.25) is 0 Å². The van der Waals surface area contributed by atoms with Gasteiger partial charge >= 0.3 is 5.97 Å². The molecular formula is C14H28N2O2. The molecule has 0 spiro atoms. The van der Waals surface area contributed by atoms with E-state index in [-0.39, 0.29) is 5.97 Å². The fourth-order valence-electron chi connectivity index (χ4n) is 2.33. The Bertz CT molecular complexity index is 228. The van der Waals surface area contributed by atoms with Crippen LogP contribution < -0.4 is 5.32 Å². The highest BCUT2D eigenvalue weighted by Gasteiger charge is 2.19. The minimum Gasteiger partial charge on any atom is -0.465 e. The van der Waals surface area contributed by atoms with E-state index in [1.54, 1.807) is 0 Å². The highest BCUT2D eigenvalue weighted by atomic mass is 16.5. The number of carbonyl (C=O) groups is 1. The van der Waals surface area contributed by atoms with Crippen LogP contribution in [-0.4, -0.2) is 49.7 Å². The topological polar surface area (TPSA) is 41.6 Å². The number of ether oxygens (including phenoxy) is 1. The van der Waals surface area contributed by atoms with E-state index in [2.05, 4.69) is 24.1 Å². The minimum absolute atomic E-state index is 0.0742. The van der Waals surface area contributed by atoms with Gasteiger partial charge in [0.25, 0.3) is 0 Å². The van der Waals surface area contributed by atoms with Gasteiger partial charge in [0.15, 0.2) is 0 Å². The Morgan fingerprint density at radius 2 is 2.22 bits per heavy atom. The quantitative estimate of drug-likeness (QED) is 0.504. The summed E-state index contributed by atoms with van der Waals surface area (Å²) in [7, 11) is 0. The first-order chi connectivity index (χ1) is 8.76. The predicted molar refractivity (Wildman–Crippen MR) is 73.6 cm³/mol. The number of carbonyl (C=O) groups excluding carboxylic acids is 1. The van der Waals surface area contributed by atoms with Gasteiger partial charge in [-0.15, -0.1) is 0 Å². The summed E-state index contributed by atoms with van der Waals surface area (Å²) in [6.07, 6.45) is 5.59. The summed E-state index contributed by atoms with van der Waals surface area (Å²) < 4.78 is 5.22. The lowest BCUT2D eigenvalue weighted by Crippen LogP contribution is -2.41. The molecule has 1 heterocycles. The van der Waals surface area contributed by atoms with Gasteiger partial charge < -0.3 is 10.1 Å². The zero-order valence-electron chi connectivity index (χ0n) is 11.9. The monoisotopic (exact) mass is 256 g/mol. The van der Waals surface area contributed by atoms with Crippen LogP contribution in [0, 0.1) is 0 Å². The normalized spacial score (nSPS) is 19.4. The molecule has 1 unspecified atom stereocenters. The first-order valence-electron chi connectivity index (χ1n) is 7.37. The average molecular weight is 256 g/mol. The highest BCUT2D eigenvalue weighted by molar-refractivity contribution is 5.71. The Balaban J connectivity index is 2.24. The lowest BCUT2D eigenvalue weighted by Gasteiger charge is -2.24. The van der Waals surface area contributed by atoms with Crippen molar-refractivity contribution in [2.45, 2.75) is 52.0 Å². The summed E-state index contributed by atoms with van der Waals surface area (Å²) >= 11 is 0. The fraction of sp³-hybridized carbons (Fsp3) is 0.929. The summed E-state index contributed by atoms with van der Waals surface area (Å²) in [4.78, 5) is 13.9. The molecule has 1 saturated heterocycles. The van der Waals surface area contributed by atoms with Gasteiger partial charge in [0.2, 0.25) is 0 Å². The Morgan fingerprint density at radius 3 is 2.83 bits per heavy atom. The number of nitrogens with zero attached hydrogens (tertiary/aromatic N) is 1. The molecule has 1 aliphatic rings. The number of unbranched alkanes of at least 4 members (excludes halogenated alkanes) is 1. The molecule has 18 heavy (non-hydrogen) atoms. The van der Waals surface area contributed by atoms with Crippen LogP contribution in [0.4, 0.5) is 0 Å². The molecule has 0 amide bonds. The Kier molecular flexibility index (Phi) is 8.01. The van der Waals surface area contributed by atoms with Crippen molar-refractivity contribution < 1.29 is 9.53 Å². The van der Waals surface area contributed by atoms with Crippen LogP contribution in [0.5, 0.6) is 0 Å². The van der Waals surface area contributed by atoms with Gasteiger partial charge in [-0.1, -0.05) is 20.3 Å². The van der Waals surface area contributed by atoms with E-state index in [1.165, 1.54) is 12.8 Å². The fourth-order valence-corrected chi connectivity index (χ4v) is 2.33. The van der Waals surface area contributed by atoms with Gasteiger partial charge in [-0.2, -0.15) is 0 Å². The number of hydrogen-bond acceptors (Lipinski definition) is 4. The van der Waals surface area contributed by atoms with Crippen LogP contribution in [0.1, 0.15) is 46.0 Å². The van der Waals surface area contributed by atoms with Gasteiger partial charge in [0, 0.05) is 12.6 Å². The summed E-state index contributed by atoms with van der Waals surface area (Å²) in [5.74, 6) is -0.0742. The maximum absolute atomic E-state index is 11.7. The largest absolute Gasteiger partial charge is 0.465 e. The second-order valence-electron chi connectivity index (χ2n) is 5.10. The van der Waals surface area contributed by atoms with E-state index in [0.29, 0.717) is 19.2 Å². The van der Waals surface area contributed by atoms with Crippen molar-refractivity contribution in [1.82, 2.24) is 10.2 Å². The summed E-state index contributed by atoms with van der Waals surface area (Å²) in [6.45, 7) is 8.32. The van der Waals surface area contributed by atoms with Gasteiger partial charge in [-0.25, -0.2) is 0 Å². The average Bonchev–Trinajstić information content (AvgIpc) is 2.82. The number of nitrogens with one attached hydrogen (secondary N) is 1. The molecule has 0 aromatic carbocycles. The van der Waals surface area contributed by atoms with E-state index < -0.39 is 0 Å². The van der Waals surface area contributed by atoms with Crippen molar-refractivity contribution in [2.75, 3.05) is 32.8 Å². The maximum Gasteiger partial charge on any atom is 0.320 e. The van der Waals surface area contributed by atoms with Gasteiger partial charge in [0.05, 0.1) is 13.2 Å². The van der Waals surface area contributed by atoms with Crippen molar-refractivity contribution in [2.24, 2.45) is 0 Å². The van der Waals surface area contributed by atoms with E-state index in [9.17, 15) is 4.79 Å². The molecule has 0 aromatic rings. The number of rotatable bonds is 9. The molecule has 1 aliphatic heterocycles. The van der Waals surface area contributed by atoms with Crippen molar-refractivity contribution >= 4 is 5.97 Å². The smallest absolute Gasteiger partial charge is 0.320 e. The van der Waals surface area contributed by atoms with Crippen LogP contribution in [-0.2, 0) is 9.53 Å². The van der Waals surface area contributed by atoms with Crippen molar-refractivity contribution in [3.8, 4) is 0 Å². The standard InChI is InChI=1S/C14H28N2O2/c1-3-5-10-18-14(17)12-16(9-4-2)11-13-7-6-8-15-13/h13,15H,3-12H2,1-2H3. The van der Waals surface area contributed by atoms with Crippen molar-refractivity contribution in [3.63, 3.8) is 0 Å². The van der Waals surface area contributed by atoms with Gasteiger partial charge in [0.1, 0.15) is 0 Å². The molecular weight excluding hydrogens is 228 g/mol. The van der Waals surface area contributed by atoms with E-state index in [0.717, 1.165) is 38.9 Å². The van der Waals surface area contributed by atoms with Gasteiger partial charge in [-0.05, 0) is 38.8 Å². The molecule has 0 bridgehead atoms. The predicted octanol–water partition coefficient (Wildman–Crippen LogP) is 1.79. The molecule has 1 fully saturated rings. The van der Waals surface area contributed by atoms with Gasteiger partial charge in [-0.3, -0.25) is 9.69 Å². The van der Waals surface area contributed by atoms with Crippen LogP contribution in [0.3, 0.4) is 0 Å². The Labute approximate surface area is 111 Å². The highest BCUT2D eigenvalue weighted by Crippen LogP contribution is 2.07. The number of esters is 1. The molecule has 4 heteroatoms. The zero-order valence-corrected chi connectivity index (χ0v) is 11.9. The molecule has 0 radical (unpaired) electrons. The Morgan fingerprint density at radius 1 is 1.39 bits per heavy atom. The lowest BCUT2D eigenvalue weighted by atomic mass is 10.2. The second kappa shape index (κ2) is 9.34. The summed E-state index contributed by atoms with van der Waals surface area (Å²) in [5.41, 5.74) is 0. The second-order valence-corrected chi connectivity index (χ2v) is 5.10. The Hall–Kier alpha value is -0.610. The first kappa shape index (κ1) is 15.4. The number of hydrogen-bond donors (Lipinski definition) is 1. The van der Waals surface area contributed by atoms with Crippen LogP contribution in [0.15, 0.2) is 0 Å². The van der Waals surface area contributed by atoms with Crippen LogP contribution in [0.25, 0.3) is 0 Å². The molecule has 1 rings (SSSR count). The molecule has 0 saturated carbocycles. The van der Waals surface area contributed by atoms with E-state index >= 15 is 0 Å². The third kappa shape index (κ3) is 6.36. The molecule has 0 aromatic heterocycles. The lowest BCUT2D eigenvalue weighted by molar-refractivity contribution is -0.145. The first-order valence-corrected chi connectivity index (χ1v) is 7.37. The third-order valence-electron chi connectivity index (χ3n) is 3.29. The van der Waals surface area contributed by atoms with Crippen molar-refractivity contribution in [3.05, 3.63) is 0 Å². The minimum atomic E-state index is -0.0742. The summed E-state index contributed by atoms with van der Waals surface area (Å²) in [5, 5.41) is 3.48. The van der Waals surface area contributed by atoms with E-state index in [4.69, 9.17) is 4.74 Å². The molecule has 1 N–H and O–H groups in total. The third-order valence-corrected chi connectivity index (χ3v) is 3.29. The zero-order chi connectivity index (χ0) is 13.2. The SMILES string of the molecule is CCCCOC(=O)CN(CCC)CC1CCCN1. The maximum atomic E-state index is 11.7. The summed E-state index contributed by atoms with van der Waals surface area (Å²) in [6, 6.07) is 0.556.